The number of rotatable bonds is 4. The maximum atomic E-state index is 13.6. The average Bonchev–Trinajstić information content (AvgIpc) is 3.37. The lowest BCUT2D eigenvalue weighted by molar-refractivity contribution is -0.121. The number of amides is 1. The first-order valence-corrected chi connectivity index (χ1v) is 12.1. The van der Waals surface area contributed by atoms with Crippen LogP contribution in [0.2, 0.25) is 0 Å². The van der Waals surface area contributed by atoms with Crippen molar-refractivity contribution >= 4 is 46.3 Å². The first-order valence-electron chi connectivity index (χ1n) is 10.9. The van der Waals surface area contributed by atoms with Crippen LogP contribution in [0.15, 0.2) is 69.8 Å². The SMILES string of the molecule is COc1ccc(C2=C3CC[C@@H](NC(=O)C(Cl)(Cl)Cl)[C@H]3n3c(=O)n(-c4ccccc4)c(=O)n3C2)cc1. The standard InChI is InChI=1S/C24H21Cl3N4O4/c1-35-16-9-7-14(8-10-16)18-13-29-22(33)30(15-5-3-2-4-6-15)23(34)31(29)20-17(18)11-12-19(20)28-21(32)24(25,26)27/h2-10,19-20H,11-13H2,1H3,(H,28,32)/t19-,20+/m1/s1. The summed E-state index contributed by atoms with van der Waals surface area (Å²) in [6.45, 7) is 0.206. The molecule has 0 saturated heterocycles. The van der Waals surface area contributed by atoms with Crippen LogP contribution in [0.25, 0.3) is 11.3 Å². The van der Waals surface area contributed by atoms with Gasteiger partial charge in [0.25, 0.3) is 9.70 Å². The number of hydrogen-bond acceptors (Lipinski definition) is 4. The molecule has 35 heavy (non-hydrogen) atoms. The lowest BCUT2D eigenvalue weighted by atomic mass is 9.94. The van der Waals surface area contributed by atoms with E-state index in [4.69, 9.17) is 39.5 Å². The van der Waals surface area contributed by atoms with Crippen LogP contribution in [0.5, 0.6) is 5.75 Å². The van der Waals surface area contributed by atoms with Gasteiger partial charge >= 0.3 is 11.4 Å². The van der Waals surface area contributed by atoms with Gasteiger partial charge in [-0.2, -0.15) is 0 Å². The summed E-state index contributed by atoms with van der Waals surface area (Å²) in [5, 5.41) is 2.77. The number of nitrogens with one attached hydrogen (secondary N) is 1. The molecule has 1 amide bonds. The Balaban J connectivity index is 1.68. The van der Waals surface area contributed by atoms with Gasteiger partial charge in [0.1, 0.15) is 5.75 Å². The van der Waals surface area contributed by atoms with Crippen LogP contribution < -0.4 is 21.4 Å². The molecule has 1 aromatic heterocycles. The Labute approximate surface area is 215 Å². The zero-order valence-electron chi connectivity index (χ0n) is 18.6. The summed E-state index contributed by atoms with van der Waals surface area (Å²) in [5.74, 6) is -0.0787. The third kappa shape index (κ3) is 4.09. The quantitative estimate of drug-likeness (QED) is 0.519. The van der Waals surface area contributed by atoms with Crippen molar-refractivity contribution < 1.29 is 9.53 Å². The molecule has 0 radical (unpaired) electrons. The highest BCUT2D eigenvalue weighted by molar-refractivity contribution is 6.76. The first kappa shape index (κ1) is 23.8. The second-order valence-electron chi connectivity index (χ2n) is 8.43. The van der Waals surface area contributed by atoms with Crippen molar-refractivity contribution in [2.24, 2.45) is 0 Å². The summed E-state index contributed by atoms with van der Waals surface area (Å²) in [7, 11) is 1.59. The molecule has 1 fully saturated rings. The Hall–Kier alpha value is -2.94. The molecule has 0 spiro atoms. The van der Waals surface area contributed by atoms with Crippen molar-refractivity contribution in [1.82, 2.24) is 19.2 Å². The number of halogens is 3. The van der Waals surface area contributed by atoms with Crippen LogP contribution in [0.3, 0.4) is 0 Å². The summed E-state index contributed by atoms with van der Waals surface area (Å²) in [6, 6.07) is 15.1. The fourth-order valence-corrected chi connectivity index (χ4v) is 5.10. The molecule has 2 aliphatic rings. The summed E-state index contributed by atoms with van der Waals surface area (Å²) < 4.78 is 7.11. The number of nitrogens with zero attached hydrogens (tertiary/aromatic N) is 3. The Kier molecular flexibility index (Phi) is 6.07. The molecule has 5 rings (SSSR count). The van der Waals surface area contributed by atoms with Gasteiger partial charge in [0, 0.05) is 0 Å². The Morgan fingerprint density at radius 3 is 2.34 bits per heavy atom. The summed E-state index contributed by atoms with van der Waals surface area (Å²) in [6.07, 6.45) is 1.12. The lowest BCUT2D eigenvalue weighted by Crippen LogP contribution is -2.48. The molecule has 2 aromatic carbocycles. The molecule has 1 saturated carbocycles. The highest BCUT2D eigenvalue weighted by atomic mass is 35.6. The highest BCUT2D eigenvalue weighted by Gasteiger charge is 2.44. The predicted molar refractivity (Wildman–Crippen MR) is 135 cm³/mol. The highest BCUT2D eigenvalue weighted by Crippen LogP contribution is 2.43. The number of alkyl halides is 3. The van der Waals surface area contributed by atoms with Gasteiger partial charge in [0.15, 0.2) is 0 Å². The number of carbonyl (C=O) groups excluding carboxylic acids is 1. The van der Waals surface area contributed by atoms with Gasteiger partial charge in [0.05, 0.1) is 31.4 Å². The number of carbonyl (C=O) groups is 1. The van der Waals surface area contributed by atoms with Crippen molar-refractivity contribution in [3.05, 3.63) is 86.7 Å². The van der Waals surface area contributed by atoms with Crippen molar-refractivity contribution in [2.45, 2.75) is 35.3 Å². The number of hydrogen-bond donors (Lipinski definition) is 1. The second-order valence-corrected chi connectivity index (χ2v) is 10.7. The third-order valence-corrected chi connectivity index (χ3v) is 7.02. The smallest absolute Gasteiger partial charge is 0.352 e. The van der Waals surface area contributed by atoms with Gasteiger partial charge in [-0.25, -0.2) is 23.5 Å². The molecule has 8 nitrogen and oxygen atoms in total. The minimum Gasteiger partial charge on any atom is -0.497 e. The average molecular weight is 536 g/mol. The number of aromatic nitrogens is 3. The van der Waals surface area contributed by atoms with Crippen LogP contribution in [-0.4, -0.2) is 36.8 Å². The van der Waals surface area contributed by atoms with E-state index >= 15 is 0 Å². The van der Waals surface area contributed by atoms with Gasteiger partial charge in [-0.1, -0.05) is 65.1 Å². The van der Waals surface area contributed by atoms with Crippen molar-refractivity contribution in [1.29, 1.82) is 0 Å². The monoisotopic (exact) mass is 534 g/mol. The van der Waals surface area contributed by atoms with Gasteiger partial charge < -0.3 is 10.1 Å². The van der Waals surface area contributed by atoms with E-state index in [9.17, 15) is 14.4 Å². The van der Waals surface area contributed by atoms with Crippen molar-refractivity contribution in [2.75, 3.05) is 7.11 Å². The first-order chi connectivity index (χ1) is 16.7. The Morgan fingerprint density at radius 2 is 1.71 bits per heavy atom. The second kappa shape index (κ2) is 8.93. The van der Waals surface area contributed by atoms with E-state index in [0.717, 1.165) is 21.3 Å². The van der Waals surface area contributed by atoms with Crippen LogP contribution in [-0.2, 0) is 11.3 Å². The molecule has 1 aliphatic carbocycles. The number of benzene rings is 2. The van der Waals surface area contributed by atoms with E-state index < -0.39 is 33.2 Å². The molecular formula is C24H21Cl3N4O4. The minimum absolute atomic E-state index is 0.206. The molecule has 0 bridgehead atoms. The largest absolute Gasteiger partial charge is 0.497 e. The summed E-state index contributed by atoms with van der Waals surface area (Å²) >= 11 is 17.4. The van der Waals surface area contributed by atoms with Crippen LogP contribution in [0.4, 0.5) is 0 Å². The van der Waals surface area contributed by atoms with E-state index in [2.05, 4.69) is 5.32 Å². The molecule has 182 valence electrons. The number of para-hydroxylation sites is 1. The van der Waals surface area contributed by atoms with E-state index in [0.29, 0.717) is 24.3 Å². The maximum absolute atomic E-state index is 13.6. The molecule has 2 heterocycles. The van der Waals surface area contributed by atoms with E-state index in [-0.39, 0.29) is 6.54 Å². The van der Waals surface area contributed by atoms with Crippen LogP contribution in [0, 0.1) is 0 Å². The van der Waals surface area contributed by atoms with Crippen LogP contribution in [0.1, 0.15) is 24.4 Å². The predicted octanol–water partition coefficient (Wildman–Crippen LogP) is 3.47. The zero-order chi connectivity index (χ0) is 24.9. The molecule has 0 unspecified atom stereocenters. The number of fused-ring (bicyclic) bond motifs is 3. The third-order valence-electron chi connectivity index (χ3n) is 6.51. The maximum Gasteiger partial charge on any atom is 0.352 e. The minimum atomic E-state index is -2.15. The Bertz CT molecular complexity index is 1430. The van der Waals surface area contributed by atoms with Gasteiger partial charge in [0.2, 0.25) is 0 Å². The van der Waals surface area contributed by atoms with Gasteiger partial charge in [-0.15, -0.1) is 0 Å². The van der Waals surface area contributed by atoms with E-state index in [1.54, 1.807) is 31.4 Å². The Morgan fingerprint density at radius 1 is 1.03 bits per heavy atom. The normalized spacial score (nSPS) is 19.3. The van der Waals surface area contributed by atoms with Crippen molar-refractivity contribution in [3.63, 3.8) is 0 Å². The lowest BCUT2D eigenvalue weighted by Gasteiger charge is -2.31. The fraction of sp³-hybridized carbons (Fsp3) is 0.292. The van der Waals surface area contributed by atoms with E-state index in [1.165, 1.54) is 9.36 Å². The molecule has 3 aromatic rings. The van der Waals surface area contributed by atoms with E-state index in [1.807, 2.05) is 30.3 Å². The molecular weight excluding hydrogens is 515 g/mol. The molecule has 2 atom stereocenters. The van der Waals surface area contributed by atoms with Gasteiger partial charge in [-0.05, 0) is 53.8 Å². The molecule has 1 aliphatic heterocycles. The summed E-state index contributed by atoms with van der Waals surface area (Å²) in [5.41, 5.74) is 2.27. The molecule has 1 N–H and O–H groups in total. The van der Waals surface area contributed by atoms with Gasteiger partial charge in [-0.3, -0.25) is 4.79 Å². The number of allylic oxidation sites excluding steroid dienone is 1. The van der Waals surface area contributed by atoms with Crippen LogP contribution >= 0.6 is 34.8 Å². The summed E-state index contributed by atoms with van der Waals surface area (Å²) in [4.78, 5) is 39.6. The molecule has 11 heteroatoms. The zero-order valence-corrected chi connectivity index (χ0v) is 20.8. The number of ether oxygens (including phenoxy) is 1. The topological polar surface area (TPSA) is 87.3 Å². The van der Waals surface area contributed by atoms with Crippen molar-refractivity contribution in [3.8, 4) is 11.4 Å². The number of methoxy groups -OCH3 is 1. The fourth-order valence-electron chi connectivity index (χ4n) is 4.93.